The van der Waals surface area contributed by atoms with Crippen LogP contribution in [0.4, 0.5) is 0 Å². The number of nitrogens with zero attached hydrogens (tertiary/aromatic N) is 2. The van der Waals surface area contributed by atoms with E-state index in [-0.39, 0.29) is 0 Å². The zero-order valence-electron chi connectivity index (χ0n) is 7.74. The van der Waals surface area contributed by atoms with Crippen molar-refractivity contribution in [3.8, 4) is 0 Å². The molecule has 0 aliphatic heterocycles. The van der Waals surface area contributed by atoms with Crippen LogP contribution in [0, 0.1) is 5.92 Å². The topological polar surface area (TPSA) is 25.8 Å². The molecule has 2 heteroatoms. The van der Waals surface area contributed by atoms with E-state index in [1.165, 1.54) is 37.8 Å². The maximum atomic E-state index is 4.60. The molecule has 0 atom stereocenters. The molecule has 0 aromatic carbocycles. The summed E-state index contributed by atoms with van der Waals surface area (Å²) in [5.41, 5.74) is 1.26. The average Bonchev–Trinajstić information content (AvgIpc) is 3.00. The van der Waals surface area contributed by atoms with E-state index in [1.54, 1.807) is 0 Å². The molecule has 3 rings (SSSR count). The first-order chi connectivity index (χ1) is 6.42. The smallest absolute Gasteiger partial charge is 0.131 e. The molecular weight excluding hydrogens is 160 g/mol. The van der Waals surface area contributed by atoms with Crippen LogP contribution in [0.3, 0.4) is 0 Å². The molecule has 2 nitrogen and oxygen atoms in total. The van der Waals surface area contributed by atoms with Crippen LogP contribution in [-0.4, -0.2) is 9.97 Å². The first-order valence-electron chi connectivity index (χ1n) is 5.23. The Morgan fingerprint density at radius 2 is 2.08 bits per heavy atom. The SMILES string of the molecule is c1cc(CC2CC2)nc(C2CC2)n1. The fraction of sp³-hybridized carbons (Fsp3) is 0.636. The molecule has 0 radical (unpaired) electrons. The molecule has 2 aliphatic carbocycles. The summed E-state index contributed by atoms with van der Waals surface area (Å²) in [6.45, 7) is 0. The Hall–Kier alpha value is -0.920. The van der Waals surface area contributed by atoms with Crippen molar-refractivity contribution in [1.82, 2.24) is 9.97 Å². The third kappa shape index (κ3) is 1.71. The van der Waals surface area contributed by atoms with Crippen LogP contribution in [0.2, 0.25) is 0 Å². The van der Waals surface area contributed by atoms with Crippen LogP contribution < -0.4 is 0 Å². The van der Waals surface area contributed by atoms with E-state index in [1.807, 2.05) is 6.20 Å². The molecule has 1 aromatic heterocycles. The van der Waals surface area contributed by atoms with Crippen LogP contribution in [-0.2, 0) is 6.42 Å². The average molecular weight is 174 g/mol. The third-order valence-corrected chi connectivity index (χ3v) is 2.87. The summed E-state index contributed by atoms with van der Waals surface area (Å²) in [5.74, 6) is 2.72. The highest BCUT2D eigenvalue weighted by atomic mass is 14.9. The van der Waals surface area contributed by atoms with Gasteiger partial charge >= 0.3 is 0 Å². The molecule has 1 heterocycles. The Bertz CT molecular complexity index is 314. The lowest BCUT2D eigenvalue weighted by Crippen LogP contribution is -1.98. The van der Waals surface area contributed by atoms with Crippen molar-refractivity contribution in [1.29, 1.82) is 0 Å². The van der Waals surface area contributed by atoms with Gasteiger partial charge < -0.3 is 0 Å². The minimum Gasteiger partial charge on any atom is -0.241 e. The molecular formula is C11H14N2. The Labute approximate surface area is 78.4 Å². The molecule has 0 N–H and O–H groups in total. The highest BCUT2D eigenvalue weighted by Gasteiger charge is 2.27. The van der Waals surface area contributed by atoms with E-state index >= 15 is 0 Å². The molecule has 0 unspecified atom stereocenters. The van der Waals surface area contributed by atoms with Crippen LogP contribution in [0.1, 0.15) is 43.1 Å². The first-order valence-corrected chi connectivity index (χ1v) is 5.23. The summed E-state index contributed by atoms with van der Waals surface area (Å²) in [4.78, 5) is 8.92. The highest BCUT2D eigenvalue weighted by Crippen LogP contribution is 2.38. The maximum Gasteiger partial charge on any atom is 0.131 e. The summed E-state index contributed by atoms with van der Waals surface area (Å²) in [6, 6.07) is 2.07. The Balaban J connectivity index is 1.79. The minimum atomic E-state index is 0.694. The molecule has 1 aromatic rings. The largest absolute Gasteiger partial charge is 0.241 e. The predicted molar refractivity (Wildman–Crippen MR) is 50.4 cm³/mol. The summed E-state index contributed by atoms with van der Waals surface area (Å²) >= 11 is 0. The van der Waals surface area contributed by atoms with Gasteiger partial charge in [-0.25, -0.2) is 9.97 Å². The zero-order valence-corrected chi connectivity index (χ0v) is 7.74. The van der Waals surface area contributed by atoms with E-state index in [9.17, 15) is 0 Å². The molecule has 13 heavy (non-hydrogen) atoms. The standard InChI is InChI=1S/C11H14N2/c1-2-8(1)7-10-5-6-12-11(13-10)9-3-4-9/h5-6,8-9H,1-4,7H2. The minimum absolute atomic E-state index is 0.694. The van der Waals surface area contributed by atoms with E-state index in [0.29, 0.717) is 5.92 Å². The highest BCUT2D eigenvalue weighted by molar-refractivity contribution is 5.11. The lowest BCUT2D eigenvalue weighted by molar-refractivity contribution is 0.777. The van der Waals surface area contributed by atoms with Crippen molar-refractivity contribution in [2.24, 2.45) is 5.92 Å². The number of aromatic nitrogens is 2. The summed E-state index contributed by atoms with van der Waals surface area (Å²) in [6.07, 6.45) is 8.52. The van der Waals surface area contributed by atoms with Gasteiger partial charge in [0, 0.05) is 17.8 Å². The molecule has 0 saturated heterocycles. The van der Waals surface area contributed by atoms with Crippen LogP contribution in [0.25, 0.3) is 0 Å². The van der Waals surface area contributed by atoms with Crippen LogP contribution in [0.15, 0.2) is 12.3 Å². The Kier molecular flexibility index (Phi) is 1.61. The van der Waals surface area contributed by atoms with Crippen molar-refractivity contribution in [3.05, 3.63) is 23.8 Å². The van der Waals surface area contributed by atoms with Gasteiger partial charge in [0.05, 0.1) is 0 Å². The van der Waals surface area contributed by atoms with Crippen molar-refractivity contribution in [2.45, 2.75) is 38.0 Å². The lowest BCUT2D eigenvalue weighted by atomic mass is 10.2. The number of rotatable bonds is 3. The van der Waals surface area contributed by atoms with E-state index in [2.05, 4.69) is 16.0 Å². The van der Waals surface area contributed by atoms with Gasteiger partial charge in [0.1, 0.15) is 5.82 Å². The quantitative estimate of drug-likeness (QED) is 0.702. The number of hydrogen-bond donors (Lipinski definition) is 0. The van der Waals surface area contributed by atoms with Gasteiger partial charge in [-0.1, -0.05) is 0 Å². The monoisotopic (exact) mass is 174 g/mol. The Morgan fingerprint density at radius 1 is 1.23 bits per heavy atom. The molecule has 0 spiro atoms. The van der Waals surface area contributed by atoms with Gasteiger partial charge in [-0.05, 0) is 44.1 Å². The second-order valence-corrected chi connectivity index (χ2v) is 4.33. The maximum absolute atomic E-state index is 4.60. The fourth-order valence-corrected chi connectivity index (χ4v) is 1.68. The summed E-state index contributed by atoms with van der Waals surface area (Å²) in [5, 5.41) is 0. The normalized spacial score (nSPS) is 21.8. The van der Waals surface area contributed by atoms with Gasteiger partial charge in [-0.3, -0.25) is 0 Å². The van der Waals surface area contributed by atoms with Gasteiger partial charge in [-0.15, -0.1) is 0 Å². The van der Waals surface area contributed by atoms with E-state index in [0.717, 1.165) is 11.7 Å². The van der Waals surface area contributed by atoms with Gasteiger partial charge in [0.25, 0.3) is 0 Å². The van der Waals surface area contributed by atoms with Crippen molar-refractivity contribution in [3.63, 3.8) is 0 Å². The second-order valence-electron chi connectivity index (χ2n) is 4.33. The molecule has 0 bridgehead atoms. The van der Waals surface area contributed by atoms with Gasteiger partial charge in [-0.2, -0.15) is 0 Å². The summed E-state index contributed by atoms with van der Waals surface area (Å²) in [7, 11) is 0. The molecule has 2 saturated carbocycles. The fourth-order valence-electron chi connectivity index (χ4n) is 1.68. The van der Waals surface area contributed by atoms with Crippen molar-refractivity contribution >= 4 is 0 Å². The summed E-state index contributed by atoms with van der Waals surface area (Å²) < 4.78 is 0. The molecule has 0 amide bonds. The lowest BCUT2D eigenvalue weighted by Gasteiger charge is -2.00. The van der Waals surface area contributed by atoms with E-state index < -0.39 is 0 Å². The van der Waals surface area contributed by atoms with E-state index in [4.69, 9.17) is 0 Å². The second kappa shape index (κ2) is 2.79. The van der Waals surface area contributed by atoms with Crippen molar-refractivity contribution in [2.75, 3.05) is 0 Å². The van der Waals surface area contributed by atoms with Gasteiger partial charge in [0.2, 0.25) is 0 Å². The predicted octanol–water partition coefficient (Wildman–Crippen LogP) is 2.31. The molecule has 2 fully saturated rings. The Morgan fingerprint density at radius 3 is 2.77 bits per heavy atom. The zero-order chi connectivity index (χ0) is 8.67. The molecule has 2 aliphatic rings. The van der Waals surface area contributed by atoms with Gasteiger partial charge in [0.15, 0.2) is 0 Å². The first kappa shape index (κ1) is 7.48. The van der Waals surface area contributed by atoms with Crippen molar-refractivity contribution < 1.29 is 0 Å². The van der Waals surface area contributed by atoms with Crippen LogP contribution in [0.5, 0.6) is 0 Å². The number of hydrogen-bond acceptors (Lipinski definition) is 2. The third-order valence-electron chi connectivity index (χ3n) is 2.87. The van der Waals surface area contributed by atoms with Crippen LogP contribution >= 0.6 is 0 Å². The molecule has 68 valence electrons.